The third-order valence-electron chi connectivity index (χ3n) is 2.24. The van der Waals surface area contributed by atoms with Crippen LogP contribution in [0.4, 0.5) is 0 Å². The molecule has 1 unspecified atom stereocenters. The Labute approximate surface area is 69.3 Å². The lowest BCUT2D eigenvalue weighted by molar-refractivity contribution is 0.184. The molecule has 0 amide bonds. The van der Waals surface area contributed by atoms with E-state index < -0.39 is 0 Å². The molecule has 1 aliphatic heterocycles. The molecule has 0 aromatic heterocycles. The van der Waals surface area contributed by atoms with Gasteiger partial charge in [-0.15, -0.1) is 0 Å². The van der Waals surface area contributed by atoms with Crippen LogP contribution in [-0.2, 0) is 4.74 Å². The Hall–Kier alpha value is -0.0800. The van der Waals surface area contributed by atoms with Gasteiger partial charge in [-0.25, -0.2) is 0 Å². The standard InChI is InChI=1S/C9H19NO/c1-2-10-6-3-4-9-5-7-11-8-9/h9-10H,2-8H2,1H3. The molecule has 1 heterocycles. The van der Waals surface area contributed by atoms with Gasteiger partial charge in [0.15, 0.2) is 0 Å². The molecule has 0 aromatic rings. The summed E-state index contributed by atoms with van der Waals surface area (Å²) in [7, 11) is 0. The van der Waals surface area contributed by atoms with Crippen molar-refractivity contribution in [3.05, 3.63) is 0 Å². The van der Waals surface area contributed by atoms with Gasteiger partial charge in [0, 0.05) is 13.2 Å². The monoisotopic (exact) mass is 157 g/mol. The maximum absolute atomic E-state index is 5.29. The largest absolute Gasteiger partial charge is 0.381 e. The number of ether oxygens (including phenoxy) is 1. The van der Waals surface area contributed by atoms with Crippen LogP contribution < -0.4 is 5.32 Å². The molecule has 1 fully saturated rings. The van der Waals surface area contributed by atoms with Gasteiger partial charge in [-0.05, 0) is 38.3 Å². The van der Waals surface area contributed by atoms with Gasteiger partial charge in [0.2, 0.25) is 0 Å². The number of hydrogen-bond donors (Lipinski definition) is 1. The fraction of sp³-hybridized carbons (Fsp3) is 1.00. The molecule has 0 saturated carbocycles. The van der Waals surface area contributed by atoms with Crippen LogP contribution >= 0.6 is 0 Å². The lowest BCUT2D eigenvalue weighted by atomic mass is 10.0. The second-order valence-electron chi connectivity index (χ2n) is 3.23. The molecule has 11 heavy (non-hydrogen) atoms. The van der Waals surface area contributed by atoms with Crippen LogP contribution in [0.1, 0.15) is 26.2 Å². The van der Waals surface area contributed by atoms with Crippen molar-refractivity contribution in [1.29, 1.82) is 0 Å². The van der Waals surface area contributed by atoms with E-state index in [1.165, 1.54) is 25.8 Å². The zero-order chi connectivity index (χ0) is 7.94. The van der Waals surface area contributed by atoms with Crippen molar-refractivity contribution in [2.75, 3.05) is 26.3 Å². The SMILES string of the molecule is CCNCCCC1CCOC1. The van der Waals surface area contributed by atoms with Gasteiger partial charge in [0.05, 0.1) is 0 Å². The molecule has 1 rings (SSSR count). The second-order valence-corrected chi connectivity index (χ2v) is 3.23. The van der Waals surface area contributed by atoms with Crippen molar-refractivity contribution < 1.29 is 4.74 Å². The number of rotatable bonds is 5. The van der Waals surface area contributed by atoms with E-state index in [0.29, 0.717) is 0 Å². The molecule has 2 heteroatoms. The summed E-state index contributed by atoms with van der Waals surface area (Å²) in [5.74, 6) is 0.855. The topological polar surface area (TPSA) is 21.3 Å². The Morgan fingerprint density at radius 1 is 1.55 bits per heavy atom. The first-order valence-electron chi connectivity index (χ1n) is 4.72. The van der Waals surface area contributed by atoms with Crippen LogP contribution in [-0.4, -0.2) is 26.3 Å². The molecule has 1 aliphatic rings. The lowest BCUT2D eigenvalue weighted by Gasteiger charge is -2.06. The molecule has 66 valence electrons. The molecule has 1 saturated heterocycles. The summed E-state index contributed by atoms with van der Waals surface area (Å²) < 4.78 is 5.29. The average Bonchev–Trinajstić information content (AvgIpc) is 2.50. The first-order chi connectivity index (χ1) is 5.43. The zero-order valence-corrected chi connectivity index (χ0v) is 7.44. The summed E-state index contributed by atoms with van der Waals surface area (Å²) in [5, 5.41) is 3.33. The molecule has 0 bridgehead atoms. The van der Waals surface area contributed by atoms with Crippen LogP contribution in [0.25, 0.3) is 0 Å². The Morgan fingerprint density at radius 3 is 3.09 bits per heavy atom. The van der Waals surface area contributed by atoms with E-state index in [0.717, 1.165) is 25.7 Å². The minimum absolute atomic E-state index is 0.855. The van der Waals surface area contributed by atoms with Crippen LogP contribution in [0.15, 0.2) is 0 Å². The number of hydrogen-bond acceptors (Lipinski definition) is 2. The summed E-state index contributed by atoms with van der Waals surface area (Å²) in [5.41, 5.74) is 0. The Bertz CT molecular complexity index is 89.6. The van der Waals surface area contributed by atoms with E-state index in [4.69, 9.17) is 4.74 Å². The predicted molar refractivity (Wildman–Crippen MR) is 46.7 cm³/mol. The van der Waals surface area contributed by atoms with E-state index in [-0.39, 0.29) is 0 Å². The molecule has 0 spiro atoms. The highest BCUT2D eigenvalue weighted by Crippen LogP contribution is 2.17. The minimum atomic E-state index is 0.855. The Balaban J connectivity index is 1.86. The van der Waals surface area contributed by atoms with Crippen LogP contribution in [0, 0.1) is 5.92 Å². The molecule has 0 aromatic carbocycles. The Morgan fingerprint density at radius 2 is 2.45 bits per heavy atom. The van der Waals surface area contributed by atoms with E-state index in [2.05, 4.69) is 12.2 Å². The smallest absolute Gasteiger partial charge is 0.0495 e. The van der Waals surface area contributed by atoms with Crippen molar-refractivity contribution in [3.63, 3.8) is 0 Å². The van der Waals surface area contributed by atoms with Gasteiger partial charge >= 0.3 is 0 Å². The average molecular weight is 157 g/mol. The molecule has 1 N–H and O–H groups in total. The maximum atomic E-state index is 5.29. The fourth-order valence-corrected chi connectivity index (χ4v) is 1.50. The quantitative estimate of drug-likeness (QED) is 0.609. The molecular weight excluding hydrogens is 138 g/mol. The van der Waals surface area contributed by atoms with E-state index in [9.17, 15) is 0 Å². The van der Waals surface area contributed by atoms with E-state index in [1.807, 2.05) is 0 Å². The predicted octanol–water partition coefficient (Wildman–Crippen LogP) is 1.41. The minimum Gasteiger partial charge on any atom is -0.381 e. The first kappa shape index (κ1) is 9.01. The van der Waals surface area contributed by atoms with Crippen molar-refractivity contribution in [2.45, 2.75) is 26.2 Å². The van der Waals surface area contributed by atoms with Gasteiger partial charge in [-0.3, -0.25) is 0 Å². The van der Waals surface area contributed by atoms with Crippen LogP contribution in [0.2, 0.25) is 0 Å². The summed E-state index contributed by atoms with van der Waals surface area (Å²) in [6, 6.07) is 0. The van der Waals surface area contributed by atoms with Gasteiger partial charge < -0.3 is 10.1 Å². The summed E-state index contributed by atoms with van der Waals surface area (Å²) in [4.78, 5) is 0. The van der Waals surface area contributed by atoms with Crippen molar-refractivity contribution >= 4 is 0 Å². The van der Waals surface area contributed by atoms with Gasteiger partial charge in [-0.2, -0.15) is 0 Å². The fourth-order valence-electron chi connectivity index (χ4n) is 1.50. The highest BCUT2D eigenvalue weighted by Gasteiger charge is 2.14. The van der Waals surface area contributed by atoms with Gasteiger partial charge in [0.25, 0.3) is 0 Å². The second kappa shape index (κ2) is 5.56. The maximum Gasteiger partial charge on any atom is 0.0495 e. The highest BCUT2D eigenvalue weighted by atomic mass is 16.5. The number of nitrogens with one attached hydrogen (secondary N) is 1. The van der Waals surface area contributed by atoms with Gasteiger partial charge in [0.1, 0.15) is 0 Å². The first-order valence-corrected chi connectivity index (χ1v) is 4.72. The van der Waals surface area contributed by atoms with Crippen molar-refractivity contribution in [3.8, 4) is 0 Å². The molecule has 2 nitrogen and oxygen atoms in total. The Kier molecular flexibility index (Phi) is 4.55. The lowest BCUT2D eigenvalue weighted by Crippen LogP contribution is -2.15. The van der Waals surface area contributed by atoms with Crippen molar-refractivity contribution in [1.82, 2.24) is 5.32 Å². The third-order valence-corrected chi connectivity index (χ3v) is 2.24. The van der Waals surface area contributed by atoms with Gasteiger partial charge in [-0.1, -0.05) is 6.92 Å². The summed E-state index contributed by atoms with van der Waals surface area (Å²) in [6.45, 7) is 6.42. The summed E-state index contributed by atoms with van der Waals surface area (Å²) >= 11 is 0. The normalized spacial score (nSPS) is 24.3. The molecule has 1 atom stereocenters. The van der Waals surface area contributed by atoms with Crippen LogP contribution in [0.3, 0.4) is 0 Å². The van der Waals surface area contributed by atoms with E-state index >= 15 is 0 Å². The van der Waals surface area contributed by atoms with Crippen LogP contribution in [0.5, 0.6) is 0 Å². The van der Waals surface area contributed by atoms with Crippen molar-refractivity contribution in [2.24, 2.45) is 5.92 Å². The molecule has 0 radical (unpaired) electrons. The molecule has 0 aliphatic carbocycles. The molecular formula is C9H19NO. The third kappa shape index (κ3) is 3.73. The summed E-state index contributed by atoms with van der Waals surface area (Å²) in [6.07, 6.45) is 3.93. The zero-order valence-electron chi connectivity index (χ0n) is 7.44. The highest BCUT2D eigenvalue weighted by molar-refractivity contribution is 4.64. The van der Waals surface area contributed by atoms with E-state index in [1.54, 1.807) is 0 Å².